The quantitative estimate of drug-likeness (QED) is 0.725. The Morgan fingerprint density at radius 1 is 1.31 bits per heavy atom. The van der Waals surface area contributed by atoms with Crippen LogP contribution in [0.15, 0.2) is 29.2 Å². The minimum Gasteiger partial charge on any atom is -0.385 e. The van der Waals surface area contributed by atoms with Crippen LogP contribution in [0.3, 0.4) is 0 Å². The van der Waals surface area contributed by atoms with E-state index in [1.54, 1.807) is 12.1 Å². The standard InChI is InChI=1S/C8H11NO3S/c1-2-9-7-3-5-8(6-4-7)13(10,11)12/h3-6,9H,2H2,1H3,(H,10,11,12). The molecule has 0 radical (unpaired) electrons. The molecule has 13 heavy (non-hydrogen) atoms. The molecular formula is C8H11NO3S. The van der Waals surface area contributed by atoms with E-state index in [9.17, 15) is 8.42 Å². The summed E-state index contributed by atoms with van der Waals surface area (Å²) >= 11 is 0. The summed E-state index contributed by atoms with van der Waals surface area (Å²) in [6, 6.07) is 5.92. The maximum atomic E-state index is 10.6. The van der Waals surface area contributed by atoms with Gasteiger partial charge >= 0.3 is 0 Å². The average Bonchev–Trinajstić information content (AvgIpc) is 2.04. The zero-order valence-electron chi connectivity index (χ0n) is 7.19. The van der Waals surface area contributed by atoms with Crippen molar-refractivity contribution in [2.45, 2.75) is 11.8 Å². The minimum atomic E-state index is -4.06. The molecule has 72 valence electrons. The van der Waals surface area contributed by atoms with Gasteiger partial charge in [0.25, 0.3) is 10.1 Å². The van der Waals surface area contributed by atoms with Gasteiger partial charge in [-0.15, -0.1) is 0 Å². The van der Waals surface area contributed by atoms with Crippen LogP contribution in [-0.2, 0) is 10.1 Å². The third kappa shape index (κ3) is 2.71. The zero-order valence-corrected chi connectivity index (χ0v) is 8.00. The van der Waals surface area contributed by atoms with Crippen molar-refractivity contribution in [2.24, 2.45) is 0 Å². The van der Waals surface area contributed by atoms with E-state index in [1.165, 1.54) is 12.1 Å². The van der Waals surface area contributed by atoms with Crippen LogP contribution in [0.4, 0.5) is 5.69 Å². The molecular weight excluding hydrogens is 190 g/mol. The Balaban J connectivity index is 2.94. The first-order chi connectivity index (χ1) is 6.04. The lowest BCUT2D eigenvalue weighted by Crippen LogP contribution is -1.99. The number of anilines is 1. The number of benzene rings is 1. The average molecular weight is 201 g/mol. The predicted octanol–water partition coefficient (Wildman–Crippen LogP) is 1.37. The van der Waals surface area contributed by atoms with Crippen LogP contribution >= 0.6 is 0 Å². The van der Waals surface area contributed by atoms with E-state index in [1.807, 2.05) is 6.92 Å². The molecule has 2 N–H and O–H groups in total. The smallest absolute Gasteiger partial charge is 0.294 e. The van der Waals surface area contributed by atoms with Crippen LogP contribution in [0.25, 0.3) is 0 Å². The fourth-order valence-electron chi connectivity index (χ4n) is 0.949. The maximum absolute atomic E-state index is 10.6. The van der Waals surface area contributed by atoms with Gasteiger partial charge < -0.3 is 5.32 Å². The minimum absolute atomic E-state index is 0.0887. The number of hydrogen-bond acceptors (Lipinski definition) is 3. The van der Waals surface area contributed by atoms with Crippen LogP contribution in [0.2, 0.25) is 0 Å². The third-order valence-electron chi connectivity index (χ3n) is 1.53. The molecule has 0 aliphatic heterocycles. The van der Waals surface area contributed by atoms with Crippen molar-refractivity contribution in [3.05, 3.63) is 24.3 Å². The molecule has 1 aromatic carbocycles. The van der Waals surface area contributed by atoms with E-state index >= 15 is 0 Å². The Labute approximate surface area is 77.3 Å². The molecule has 0 spiro atoms. The van der Waals surface area contributed by atoms with Crippen molar-refractivity contribution < 1.29 is 13.0 Å². The van der Waals surface area contributed by atoms with E-state index in [4.69, 9.17) is 4.55 Å². The summed E-state index contributed by atoms with van der Waals surface area (Å²) in [5.74, 6) is 0. The molecule has 0 atom stereocenters. The molecule has 0 unspecified atom stereocenters. The normalized spacial score (nSPS) is 11.2. The van der Waals surface area contributed by atoms with Crippen LogP contribution in [0.1, 0.15) is 6.92 Å². The first-order valence-corrected chi connectivity index (χ1v) is 5.29. The molecule has 0 heterocycles. The molecule has 0 amide bonds. The second-order valence-corrected chi connectivity index (χ2v) is 3.95. The number of rotatable bonds is 3. The molecule has 0 fully saturated rings. The highest BCUT2D eigenvalue weighted by molar-refractivity contribution is 7.85. The summed E-state index contributed by atoms with van der Waals surface area (Å²) in [6.45, 7) is 2.71. The molecule has 4 nitrogen and oxygen atoms in total. The summed E-state index contributed by atoms with van der Waals surface area (Å²) in [4.78, 5) is -0.0887. The van der Waals surface area contributed by atoms with Gasteiger partial charge in [-0.05, 0) is 31.2 Å². The Bertz CT molecular complexity index is 369. The van der Waals surface area contributed by atoms with Crippen molar-refractivity contribution in [2.75, 3.05) is 11.9 Å². The number of hydrogen-bond donors (Lipinski definition) is 2. The van der Waals surface area contributed by atoms with E-state index in [0.717, 1.165) is 12.2 Å². The highest BCUT2D eigenvalue weighted by Gasteiger charge is 2.07. The van der Waals surface area contributed by atoms with Crippen LogP contribution in [0.5, 0.6) is 0 Å². The highest BCUT2D eigenvalue weighted by atomic mass is 32.2. The fourth-order valence-corrected chi connectivity index (χ4v) is 1.43. The lowest BCUT2D eigenvalue weighted by atomic mass is 10.3. The van der Waals surface area contributed by atoms with E-state index in [2.05, 4.69) is 5.32 Å². The summed E-state index contributed by atoms with van der Waals surface area (Å²) in [6.07, 6.45) is 0. The Hall–Kier alpha value is -1.07. The summed E-state index contributed by atoms with van der Waals surface area (Å²) < 4.78 is 29.9. The van der Waals surface area contributed by atoms with E-state index < -0.39 is 10.1 Å². The fraction of sp³-hybridized carbons (Fsp3) is 0.250. The van der Waals surface area contributed by atoms with Gasteiger partial charge in [0.15, 0.2) is 0 Å². The molecule has 0 aliphatic rings. The molecule has 5 heteroatoms. The van der Waals surface area contributed by atoms with Crippen molar-refractivity contribution in [3.63, 3.8) is 0 Å². The van der Waals surface area contributed by atoms with Gasteiger partial charge in [-0.25, -0.2) is 0 Å². The molecule has 1 aromatic rings. The van der Waals surface area contributed by atoms with E-state index in [-0.39, 0.29) is 4.90 Å². The monoisotopic (exact) mass is 201 g/mol. The summed E-state index contributed by atoms with van der Waals surface area (Å²) in [7, 11) is -4.06. The Morgan fingerprint density at radius 2 is 1.85 bits per heavy atom. The number of nitrogens with one attached hydrogen (secondary N) is 1. The van der Waals surface area contributed by atoms with Crippen LogP contribution in [-0.4, -0.2) is 19.5 Å². The van der Waals surface area contributed by atoms with Crippen molar-refractivity contribution in [1.82, 2.24) is 0 Å². The molecule has 0 bridgehead atoms. The van der Waals surface area contributed by atoms with Crippen LogP contribution < -0.4 is 5.32 Å². The molecule has 1 rings (SSSR count). The Kier molecular flexibility index (Phi) is 2.90. The zero-order chi connectivity index (χ0) is 9.90. The lowest BCUT2D eigenvalue weighted by Gasteiger charge is -2.02. The largest absolute Gasteiger partial charge is 0.385 e. The van der Waals surface area contributed by atoms with Gasteiger partial charge in [-0.1, -0.05) is 0 Å². The first-order valence-electron chi connectivity index (χ1n) is 3.85. The van der Waals surface area contributed by atoms with Gasteiger partial charge in [0.1, 0.15) is 0 Å². The SMILES string of the molecule is CCNc1ccc(S(=O)(=O)O)cc1. The van der Waals surface area contributed by atoms with Gasteiger partial charge in [0.05, 0.1) is 4.90 Å². The van der Waals surface area contributed by atoms with Gasteiger partial charge in [-0.2, -0.15) is 8.42 Å². The van der Waals surface area contributed by atoms with Crippen molar-refractivity contribution in [1.29, 1.82) is 0 Å². The maximum Gasteiger partial charge on any atom is 0.294 e. The molecule has 0 saturated heterocycles. The molecule has 0 saturated carbocycles. The Morgan fingerprint density at radius 3 is 2.23 bits per heavy atom. The summed E-state index contributed by atoms with van der Waals surface area (Å²) in [5, 5.41) is 3.01. The topological polar surface area (TPSA) is 66.4 Å². The van der Waals surface area contributed by atoms with Crippen molar-refractivity contribution >= 4 is 15.8 Å². The second kappa shape index (κ2) is 3.76. The van der Waals surface area contributed by atoms with Crippen LogP contribution in [0, 0.1) is 0 Å². The molecule has 0 aliphatic carbocycles. The first kappa shape index (κ1) is 10.0. The van der Waals surface area contributed by atoms with Crippen molar-refractivity contribution in [3.8, 4) is 0 Å². The third-order valence-corrected chi connectivity index (χ3v) is 2.40. The summed E-state index contributed by atoms with van der Waals surface area (Å²) in [5.41, 5.74) is 0.829. The van der Waals surface area contributed by atoms with Gasteiger partial charge in [0, 0.05) is 12.2 Å². The van der Waals surface area contributed by atoms with Gasteiger partial charge in [-0.3, -0.25) is 4.55 Å². The predicted molar refractivity (Wildman–Crippen MR) is 50.4 cm³/mol. The molecule has 0 aromatic heterocycles. The van der Waals surface area contributed by atoms with E-state index in [0.29, 0.717) is 0 Å². The highest BCUT2D eigenvalue weighted by Crippen LogP contribution is 2.12. The lowest BCUT2D eigenvalue weighted by molar-refractivity contribution is 0.483. The van der Waals surface area contributed by atoms with Gasteiger partial charge in [0.2, 0.25) is 0 Å². The second-order valence-electron chi connectivity index (χ2n) is 2.53.